The SMILES string of the molecule is COc1ccc(C2C(CN)CCCN2C)cc1F. The van der Waals surface area contributed by atoms with E-state index >= 15 is 0 Å². The van der Waals surface area contributed by atoms with E-state index in [-0.39, 0.29) is 11.9 Å². The second-order valence-corrected chi connectivity index (χ2v) is 4.96. The van der Waals surface area contributed by atoms with E-state index in [1.807, 2.05) is 6.07 Å². The zero-order valence-corrected chi connectivity index (χ0v) is 11.0. The van der Waals surface area contributed by atoms with Gasteiger partial charge in [0.15, 0.2) is 11.6 Å². The van der Waals surface area contributed by atoms with E-state index in [0.717, 1.165) is 24.9 Å². The molecule has 2 unspecified atom stereocenters. The molecule has 0 saturated carbocycles. The van der Waals surface area contributed by atoms with Crippen LogP contribution in [0, 0.1) is 11.7 Å². The highest BCUT2D eigenvalue weighted by Crippen LogP contribution is 2.35. The van der Waals surface area contributed by atoms with Crippen LogP contribution in [0.3, 0.4) is 0 Å². The Balaban J connectivity index is 2.30. The van der Waals surface area contributed by atoms with Crippen LogP contribution in [0.25, 0.3) is 0 Å². The van der Waals surface area contributed by atoms with Crippen LogP contribution >= 0.6 is 0 Å². The second-order valence-electron chi connectivity index (χ2n) is 4.96. The molecule has 100 valence electrons. The summed E-state index contributed by atoms with van der Waals surface area (Å²) >= 11 is 0. The summed E-state index contributed by atoms with van der Waals surface area (Å²) in [7, 11) is 3.56. The van der Waals surface area contributed by atoms with E-state index < -0.39 is 0 Å². The zero-order chi connectivity index (χ0) is 13.1. The maximum absolute atomic E-state index is 13.8. The van der Waals surface area contributed by atoms with E-state index in [9.17, 15) is 4.39 Å². The van der Waals surface area contributed by atoms with Crippen molar-refractivity contribution in [3.63, 3.8) is 0 Å². The topological polar surface area (TPSA) is 38.5 Å². The first-order chi connectivity index (χ1) is 8.67. The van der Waals surface area contributed by atoms with Gasteiger partial charge in [-0.2, -0.15) is 0 Å². The number of benzene rings is 1. The van der Waals surface area contributed by atoms with E-state index in [2.05, 4.69) is 11.9 Å². The van der Waals surface area contributed by atoms with Gasteiger partial charge < -0.3 is 10.5 Å². The summed E-state index contributed by atoms with van der Waals surface area (Å²) in [6, 6.07) is 5.43. The average molecular weight is 252 g/mol. The minimum atomic E-state index is -0.301. The van der Waals surface area contributed by atoms with Gasteiger partial charge in [0, 0.05) is 6.04 Å². The quantitative estimate of drug-likeness (QED) is 0.896. The van der Waals surface area contributed by atoms with Gasteiger partial charge in [-0.15, -0.1) is 0 Å². The van der Waals surface area contributed by atoms with Crippen LogP contribution in [-0.4, -0.2) is 32.1 Å². The van der Waals surface area contributed by atoms with E-state index in [1.165, 1.54) is 7.11 Å². The molecule has 0 aliphatic carbocycles. The number of nitrogens with zero attached hydrogens (tertiary/aromatic N) is 1. The Labute approximate surface area is 108 Å². The molecule has 3 nitrogen and oxygen atoms in total. The average Bonchev–Trinajstić information content (AvgIpc) is 2.38. The van der Waals surface area contributed by atoms with Crippen molar-refractivity contribution in [3.8, 4) is 5.75 Å². The van der Waals surface area contributed by atoms with Crippen molar-refractivity contribution in [3.05, 3.63) is 29.6 Å². The van der Waals surface area contributed by atoms with Crippen molar-refractivity contribution in [2.45, 2.75) is 18.9 Å². The molecule has 1 fully saturated rings. The molecule has 2 N–H and O–H groups in total. The summed E-state index contributed by atoms with van der Waals surface area (Å²) in [6.45, 7) is 1.68. The van der Waals surface area contributed by atoms with Gasteiger partial charge >= 0.3 is 0 Å². The summed E-state index contributed by atoms with van der Waals surface area (Å²) in [5, 5.41) is 0. The first kappa shape index (κ1) is 13.3. The Kier molecular flexibility index (Phi) is 4.19. The molecule has 0 bridgehead atoms. The van der Waals surface area contributed by atoms with Crippen LogP contribution in [-0.2, 0) is 0 Å². The maximum Gasteiger partial charge on any atom is 0.165 e. The molecule has 18 heavy (non-hydrogen) atoms. The Bertz CT molecular complexity index is 411. The highest BCUT2D eigenvalue weighted by atomic mass is 19.1. The van der Waals surface area contributed by atoms with Crippen LogP contribution in [0.15, 0.2) is 18.2 Å². The minimum absolute atomic E-state index is 0.212. The van der Waals surface area contributed by atoms with Gasteiger partial charge in [0.25, 0.3) is 0 Å². The van der Waals surface area contributed by atoms with Crippen molar-refractivity contribution >= 4 is 0 Å². The lowest BCUT2D eigenvalue weighted by molar-refractivity contribution is 0.125. The third-order valence-corrected chi connectivity index (χ3v) is 3.83. The van der Waals surface area contributed by atoms with Crippen LogP contribution in [0.2, 0.25) is 0 Å². The van der Waals surface area contributed by atoms with Gasteiger partial charge in [0.05, 0.1) is 7.11 Å². The Morgan fingerprint density at radius 1 is 1.50 bits per heavy atom. The van der Waals surface area contributed by atoms with Crippen molar-refractivity contribution in [1.29, 1.82) is 0 Å². The molecule has 2 atom stereocenters. The van der Waals surface area contributed by atoms with Crippen LogP contribution < -0.4 is 10.5 Å². The molecular formula is C14H21FN2O. The number of piperidine rings is 1. The molecule has 2 rings (SSSR count). The summed E-state index contributed by atoms with van der Waals surface area (Å²) < 4.78 is 18.7. The Morgan fingerprint density at radius 3 is 2.89 bits per heavy atom. The first-order valence-corrected chi connectivity index (χ1v) is 6.41. The van der Waals surface area contributed by atoms with Gasteiger partial charge in [-0.05, 0) is 56.6 Å². The highest BCUT2D eigenvalue weighted by molar-refractivity contribution is 5.31. The number of ether oxygens (including phenoxy) is 1. The van der Waals surface area contributed by atoms with E-state index in [0.29, 0.717) is 18.2 Å². The third-order valence-electron chi connectivity index (χ3n) is 3.83. The van der Waals surface area contributed by atoms with Crippen molar-refractivity contribution in [2.24, 2.45) is 11.7 Å². The largest absolute Gasteiger partial charge is 0.494 e. The lowest BCUT2D eigenvalue weighted by atomic mass is 9.85. The van der Waals surface area contributed by atoms with Gasteiger partial charge in [-0.1, -0.05) is 6.07 Å². The van der Waals surface area contributed by atoms with Gasteiger partial charge in [0.1, 0.15) is 0 Å². The number of likely N-dealkylation sites (tertiary alicyclic amines) is 1. The molecule has 1 heterocycles. The predicted octanol–water partition coefficient (Wildman–Crippen LogP) is 2.18. The van der Waals surface area contributed by atoms with Gasteiger partial charge in [0.2, 0.25) is 0 Å². The molecule has 1 aromatic carbocycles. The van der Waals surface area contributed by atoms with Crippen molar-refractivity contribution in [1.82, 2.24) is 4.90 Å². The van der Waals surface area contributed by atoms with Crippen LogP contribution in [0.1, 0.15) is 24.4 Å². The van der Waals surface area contributed by atoms with Crippen molar-refractivity contribution in [2.75, 3.05) is 27.2 Å². The monoisotopic (exact) mass is 252 g/mol. The molecular weight excluding hydrogens is 231 g/mol. The predicted molar refractivity (Wildman–Crippen MR) is 70.1 cm³/mol. The minimum Gasteiger partial charge on any atom is -0.494 e. The summed E-state index contributed by atoms with van der Waals surface area (Å²) in [5.74, 6) is 0.391. The zero-order valence-electron chi connectivity index (χ0n) is 11.0. The van der Waals surface area contributed by atoms with Crippen molar-refractivity contribution < 1.29 is 9.13 Å². The summed E-state index contributed by atoms with van der Waals surface area (Å²) in [5.41, 5.74) is 6.83. The second kappa shape index (κ2) is 5.67. The number of halogens is 1. The maximum atomic E-state index is 13.8. The smallest absolute Gasteiger partial charge is 0.165 e. The van der Waals surface area contributed by atoms with E-state index in [4.69, 9.17) is 10.5 Å². The molecule has 0 spiro atoms. The Hall–Kier alpha value is -1.13. The number of hydrogen-bond acceptors (Lipinski definition) is 3. The molecule has 4 heteroatoms. The molecule has 0 radical (unpaired) electrons. The highest BCUT2D eigenvalue weighted by Gasteiger charge is 2.29. The van der Waals surface area contributed by atoms with Gasteiger partial charge in [-0.25, -0.2) is 4.39 Å². The van der Waals surface area contributed by atoms with Crippen LogP contribution in [0.4, 0.5) is 4.39 Å². The van der Waals surface area contributed by atoms with Gasteiger partial charge in [-0.3, -0.25) is 4.90 Å². The summed E-state index contributed by atoms with van der Waals surface area (Å²) in [6.07, 6.45) is 2.27. The fraction of sp³-hybridized carbons (Fsp3) is 0.571. The van der Waals surface area contributed by atoms with Crippen LogP contribution in [0.5, 0.6) is 5.75 Å². The fourth-order valence-corrected chi connectivity index (χ4v) is 2.90. The molecule has 0 aromatic heterocycles. The molecule has 1 saturated heterocycles. The normalized spacial score (nSPS) is 25.1. The first-order valence-electron chi connectivity index (χ1n) is 6.41. The third kappa shape index (κ3) is 2.49. The fourth-order valence-electron chi connectivity index (χ4n) is 2.90. The summed E-state index contributed by atoms with van der Waals surface area (Å²) in [4.78, 5) is 2.27. The number of rotatable bonds is 3. The Morgan fingerprint density at radius 2 is 2.28 bits per heavy atom. The molecule has 1 aliphatic rings. The molecule has 1 aliphatic heterocycles. The lowest BCUT2D eigenvalue weighted by Gasteiger charge is -2.39. The molecule has 0 amide bonds. The standard InChI is InChI=1S/C14H21FN2O/c1-17-7-3-4-11(9-16)14(17)10-5-6-13(18-2)12(15)8-10/h5-6,8,11,14H,3-4,7,9,16H2,1-2H3. The number of hydrogen-bond donors (Lipinski definition) is 1. The van der Waals surface area contributed by atoms with E-state index in [1.54, 1.807) is 12.1 Å². The molecule has 1 aromatic rings. The number of nitrogens with two attached hydrogens (primary N) is 1. The lowest BCUT2D eigenvalue weighted by Crippen LogP contribution is -2.39. The number of methoxy groups -OCH3 is 1.